The number of amides is 1. The van der Waals surface area contributed by atoms with Crippen LogP contribution in [0.1, 0.15) is 59.8 Å². The number of alkyl carbamates (subject to hydrolysis) is 1. The average molecular weight is 454 g/mol. The molecule has 0 aromatic heterocycles. The molecule has 3 N–H and O–H groups in total. The second-order valence-corrected chi connectivity index (χ2v) is 7.38. The predicted octanol–water partition coefficient (Wildman–Crippen LogP) is 3.26. The molecule has 1 aliphatic carbocycles. The van der Waals surface area contributed by atoms with E-state index in [1.165, 1.54) is 25.7 Å². The van der Waals surface area contributed by atoms with Crippen LogP contribution in [-0.2, 0) is 4.74 Å². The first-order chi connectivity index (χ1) is 10.8. The summed E-state index contributed by atoms with van der Waals surface area (Å²) < 4.78 is 5.19. The number of carbonyl (C=O) groups excluding carboxylic acids is 1. The van der Waals surface area contributed by atoms with Crippen LogP contribution in [0.3, 0.4) is 0 Å². The number of carbonyl (C=O) groups is 1. The highest BCUT2D eigenvalue weighted by molar-refractivity contribution is 14.0. The molecule has 0 aromatic rings. The third-order valence-electron chi connectivity index (χ3n) is 3.89. The van der Waals surface area contributed by atoms with Crippen LogP contribution >= 0.6 is 24.0 Å². The van der Waals surface area contributed by atoms with E-state index < -0.39 is 5.60 Å². The van der Waals surface area contributed by atoms with Gasteiger partial charge in [-0.3, -0.25) is 4.99 Å². The van der Waals surface area contributed by atoms with Crippen molar-refractivity contribution >= 4 is 36.0 Å². The second kappa shape index (κ2) is 11.8. The molecule has 24 heavy (non-hydrogen) atoms. The predicted molar refractivity (Wildman–Crippen MR) is 110 cm³/mol. The van der Waals surface area contributed by atoms with Crippen LogP contribution in [0, 0.1) is 5.92 Å². The van der Waals surface area contributed by atoms with Gasteiger partial charge in [-0.25, -0.2) is 4.79 Å². The number of nitrogens with zero attached hydrogens (tertiary/aromatic N) is 1. The summed E-state index contributed by atoms with van der Waals surface area (Å²) >= 11 is 0. The zero-order chi connectivity index (χ0) is 17.3. The molecule has 0 saturated heterocycles. The van der Waals surface area contributed by atoms with Crippen LogP contribution in [0.5, 0.6) is 0 Å². The average Bonchev–Trinajstić information content (AvgIpc) is 2.46. The number of guanidine groups is 1. The lowest BCUT2D eigenvalue weighted by molar-refractivity contribution is 0.0527. The molecular formula is C17H35IN4O2. The fourth-order valence-corrected chi connectivity index (χ4v) is 2.59. The van der Waals surface area contributed by atoms with Gasteiger partial charge in [-0.1, -0.05) is 6.92 Å². The van der Waals surface area contributed by atoms with Crippen molar-refractivity contribution in [3.05, 3.63) is 0 Å². The van der Waals surface area contributed by atoms with Gasteiger partial charge in [-0.15, -0.1) is 24.0 Å². The molecular weight excluding hydrogens is 419 g/mol. The summed E-state index contributed by atoms with van der Waals surface area (Å²) in [5.74, 6) is 1.70. The van der Waals surface area contributed by atoms with Crippen LogP contribution in [0.4, 0.5) is 4.79 Å². The molecule has 0 bridgehead atoms. The first kappa shape index (κ1) is 23.3. The summed E-state index contributed by atoms with van der Waals surface area (Å²) in [4.78, 5) is 15.8. The lowest BCUT2D eigenvalue weighted by Gasteiger charge is -2.28. The van der Waals surface area contributed by atoms with Crippen LogP contribution in [0.2, 0.25) is 0 Å². The minimum Gasteiger partial charge on any atom is -0.444 e. The van der Waals surface area contributed by atoms with Gasteiger partial charge in [0.2, 0.25) is 0 Å². The lowest BCUT2D eigenvalue weighted by Crippen LogP contribution is -2.45. The van der Waals surface area contributed by atoms with Crippen LogP contribution < -0.4 is 16.0 Å². The van der Waals surface area contributed by atoms with Gasteiger partial charge in [-0.05, 0) is 58.8 Å². The minimum atomic E-state index is -0.453. The Morgan fingerprint density at radius 3 is 2.25 bits per heavy atom. The molecule has 142 valence electrons. The van der Waals surface area contributed by atoms with Crippen molar-refractivity contribution in [2.45, 2.75) is 71.4 Å². The van der Waals surface area contributed by atoms with Gasteiger partial charge >= 0.3 is 6.09 Å². The molecule has 1 amide bonds. The number of halogens is 1. The maximum absolute atomic E-state index is 11.5. The Labute approximate surface area is 164 Å². The standard InChI is InChI=1S/C17H34N4O2.HI/c1-13-7-9-14(10-8-13)21-15(18-5)19-11-6-12-20-16(22)23-17(2,3)4;/h13-14H,6-12H2,1-5H3,(H,20,22)(H2,18,19,21);1H. The summed E-state index contributed by atoms with van der Waals surface area (Å²) in [5.41, 5.74) is -0.453. The SMILES string of the molecule is CN=C(NCCCNC(=O)OC(C)(C)C)NC1CCC(C)CC1.I. The molecule has 0 atom stereocenters. The quantitative estimate of drug-likeness (QED) is 0.258. The van der Waals surface area contributed by atoms with Gasteiger partial charge in [-0.2, -0.15) is 0 Å². The van der Waals surface area contributed by atoms with Crippen molar-refractivity contribution < 1.29 is 9.53 Å². The molecule has 1 fully saturated rings. The first-order valence-corrected chi connectivity index (χ1v) is 8.74. The van der Waals surface area contributed by atoms with Crippen molar-refractivity contribution in [1.29, 1.82) is 0 Å². The molecule has 0 heterocycles. The van der Waals surface area contributed by atoms with Gasteiger partial charge in [0, 0.05) is 26.2 Å². The van der Waals surface area contributed by atoms with E-state index in [9.17, 15) is 4.79 Å². The van der Waals surface area contributed by atoms with Crippen LogP contribution in [-0.4, -0.2) is 43.8 Å². The normalized spacial score (nSPS) is 21.5. The zero-order valence-electron chi connectivity index (χ0n) is 15.8. The fraction of sp³-hybridized carbons (Fsp3) is 0.882. The molecule has 1 saturated carbocycles. The van der Waals surface area contributed by atoms with Crippen molar-refractivity contribution in [3.8, 4) is 0 Å². The van der Waals surface area contributed by atoms with E-state index in [0.29, 0.717) is 12.6 Å². The van der Waals surface area contributed by atoms with Crippen LogP contribution in [0.25, 0.3) is 0 Å². The molecule has 0 aromatic carbocycles. The number of aliphatic imine (C=N–C) groups is 1. The van der Waals surface area contributed by atoms with Gasteiger partial charge in [0.05, 0.1) is 0 Å². The van der Waals surface area contributed by atoms with E-state index in [2.05, 4.69) is 27.9 Å². The third kappa shape index (κ3) is 10.9. The first-order valence-electron chi connectivity index (χ1n) is 8.74. The third-order valence-corrected chi connectivity index (χ3v) is 3.89. The minimum absolute atomic E-state index is 0. The highest BCUT2D eigenvalue weighted by atomic mass is 127. The number of hydrogen-bond donors (Lipinski definition) is 3. The Hall–Kier alpha value is -0.730. The fourth-order valence-electron chi connectivity index (χ4n) is 2.59. The van der Waals surface area contributed by atoms with E-state index in [1.807, 2.05) is 20.8 Å². The van der Waals surface area contributed by atoms with Gasteiger partial charge in [0.1, 0.15) is 5.60 Å². The highest BCUT2D eigenvalue weighted by Crippen LogP contribution is 2.23. The maximum Gasteiger partial charge on any atom is 0.407 e. The van der Waals surface area contributed by atoms with Crippen molar-refractivity contribution in [3.63, 3.8) is 0 Å². The van der Waals surface area contributed by atoms with E-state index in [0.717, 1.165) is 24.8 Å². The molecule has 0 spiro atoms. The number of rotatable bonds is 5. The zero-order valence-corrected chi connectivity index (χ0v) is 18.1. The Morgan fingerprint density at radius 1 is 1.12 bits per heavy atom. The maximum atomic E-state index is 11.5. The summed E-state index contributed by atoms with van der Waals surface area (Å²) in [7, 11) is 1.79. The van der Waals surface area contributed by atoms with Crippen molar-refractivity contribution in [2.75, 3.05) is 20.1 Å². The Balaban J connectivity index is 0.00000529. The summed E-state index contributed by atoms with van der Waals surface area (Å²) in [6.45, 7) is 9.24. The number of ether oxygens (including phenoxy) is 1. The Kier molecular flexibility index (Phi) is 11.4. The van der Waals surface area contributed by atoms with Gasteiger partial charge in [0.25, 0.3) is 0 Å². The summed E-state index contributed by atoms with van der Waals surface area (Å²) in [6, 6.07) is 0.525. The van der Waals surface area contributed by atoms with Crippen molar-refractivity contribution in [1.82, 2.24) is 16.0 Å². The molecule has 6 nitrogen and oxygen atoms in total. The Bertz CT molecular complexity index is 389. The van der Waals surface area contributed by atoms with Gasteiger partial charge < -0.3 is 20.7 Å². The number of hydrogen-bond acceptors (Lipinski definition) is 3. The summed E-state index contributed by atoms with van der Waals surface area (Å²) in [6.07, 6.45) is 5.45. The molecule has 0 radical (unpaired) electrons. The monoisotopic (exact) mass is 454 g/mol. The smallest absolute Gasteiger partial charge is 0.407 e. The van der Waals surface area contributed by atoms with Gasteiger partial charge in [0.15, 0.2) is 5.96 Å². The van der Waals surface area contributed by atoms with Crippen LogP contribution in [0.15, 0.2) is 4.99 Å². The number of nitrogens with one attached hydrogen (secondary N) is 3. The van der Waals surface area contributed by atoms with Crippen molar-refractivity contribution in [2.24, 2.45) is 10.9 Å². The molecule has 1 aliphatic rings. The molecule has 0 unspecified atom stereocenters. The summed E-state index contributed by atoms with van der Waals surface area (Å²) in [5, 5.41) is 9.54. The van der Waals surface area contributed by atoms with E-state index in [-0.39, 0.29) is 30.1 Å². The molecule has 0 aliphatic heterocycles. The second-order valence-electron chi connectivity index (χ2n) is 7.38. The molecule has 1 rings (SSSR count). The molecule has 7 heteroatoms. The van der Waals surface area contributed by atoms with E-state index >= 15 is 0 Å². The lowest BCUT2D eigenvalue weighted by atomic mass is 9.87. The van der Waals surface area contributed by atoms with E-state index in [1.54, 1.807) is 7.05 Å². The largest absolute Gasteiger partial charge is 0.444 e. The Morgan fingerprint density at radius 2 is 1.71 bits per heavy atom. The highest BCUT2D eigenvalue weighted by Gasteiger charge is 2.19. The van der Waals surface area contributed by atoms with E-state index in [4.69, 9.17) is 4.74 Å². The topological polar surface area (TPSA) is 74.8 Å².